The monoisotopic (exact) mass is 588 g/mol. The number of amides is 2. The zero-order valence-electron chi connectivity index (χ0n) is 22.6. The van der Waals surface area contributed by atoms with Gasteiger partial charge >= 0.3 is 6.09 Å². The molecule has 6 atom stereocenters. The van der Waals surface area contributed by atoms with Crippen molar-refractivity contribution in [1.82, 2.24) is 14.9 Å². The second kappa shape index (κ2) is 12.7. The highest BCUT2D eigenvalue weighted by molar-refractivity contribution is 7.89. The maximum atomic E-state index is 13.7. The second-order valence-corrected chi connectivity index (χ2v) is 12.6. The minimum absolute atomic E-state index is 0.00442. The van der Waals surface area contributed by atoms with Crippen LogP contribution in [0, 0.1) is 5.92 Å². The lowest BCUT2D eigenvalue weighted by molar-refractivity contribution is -0.119. The average molecular weight is 589 g/mol. The number of hydrogen-bond acceptors (Lipinski definition) is 9. The number of carbonyl (C=O) groups is 2. The first-order chi connectivity index (χ1) is 19.7. The van der Waals surface area contributed by atoms with Crippen LogP contribution >= 0.6 is 0 Å². The van der Waals surface area contributed by atoms with E-state index >= 15 is 0 Å². The summed E-state index contributed by atoms with van der Waals surface area (Å²) in [6, 6.07) is 13.7. The molecule has 3 heterocycles. The average Bonchev–Trinajstić information content (AvgIpc) is 3.68. The Morgan fingerprint density at radius 3 is 2.61 bits per heavy atom. The van der Waals surface area contributed by atoms with Gasteiger partial charge < -0.3 is 35.7 Å². The van der Waals surface area contributed by atoms with E-state index in [1.54, 1.807) is 0 Å². The van der Waals surface area contributed by atoms with E-state index in [1.165, 1.54) is 24.3 Å². The van der Waals surface area contributed by atoms with Crippen LogP contribution < -0.4 is 16.4 Å². The molecule has 0 saturated carbocycles. The van der Waals surface area contributed by atoms with E-state index in [2.05, 4.69) is 10.6 Å². The van der Waals surface area contributed by atoms with Gasteiger partial charge in [0.1, 0.15) is 6.10 Å². The van der Waals surface area contributed by atoms with Crippen molar-refractivity contribution in [3.05, 3.63) is 60.2 Å². The smallest absolute Gasteiger partial charge is 0.407 e. The Morgan fingerprint density at radius 1 is 1.15 bits per heavy atom. The minimum Gasteiger partial charge on any atom is -0.443 e. The van der Waals surface area contributed by atoms with E-state index in [0.717, 1.165) is 9.87 Å². The summed E-state index contributed by atoms with van der Waals surface area (Å²) < 4.78 is 45.3. The summed E-state index contributed by atoms with van der Waals surface area (Å²) in [6.07, 6.45) is -1.21. The van der Waals surface area contributed by atoms with Gasteiger partial charge in [0.15, 0.2) is 6.29 Å². The van der Waals surface area contributed by atoms with Gasteiger partial charge in [-0.25, -0.2) is 13.2 Å². The number of nitrogen functional groups attached to an aromatic ring is 1. The molecule has 2 amide bonds. The van der Waals surface area contributed by atoms with Crippen LogP contribution in [0.25, 0.3) is 0 Å². The molecule has 0 aliphatic carbocycles. The van der Waals surface area contributed by atoms with Gasteiger partial charge in [-0.1, -0.05) is 30.3 Å². The summed E-state index contributed by atoms with van der Waals surface area (Å²) >= 11 is 0. The third kappa shape index (κ3) is 7.16. The van der Waals surface area contributed by atoms with Crippen LogP contribution in [0.4, 0.5) is 10.5 Å². The van der Waals surface area contributed by atoms with Gasteiger partial charge in [-0.3, -0.25) is 4.79 Å². The minimum atomic E-state index is -4.09. The molecule has 3 aliphatic rings. The Balaban J connectivity index is 1.34. The fraction of sp³-hybridized carbons (Fsp3) is 0.500. The Kier molecular flexibility index (Phi) is 9.09. The third-order valence-corrected chi connectivity index (χ3v) is 9.57. The van der Waals surface area contributed by atoms with Gasteiger partial charge in [-0.2, -0.15) is 4.31 Å². The van der Waals surface area contributed by atoms with E-state index in [9.17, 15) is 23.1 Å². The molecule has 41 heavy (non-hydrogen) atoms. The van der Waals surface area contributed by atoms with Crippen molar-refractivity contribution in [3.8, 4) is 0 Å². The quantitative estimate of drug-likeness (QED) is 0.280. The molecule has 5 N–H and O–H groups in total. The number of ether oxygens (including phenoxy) is 3. The highest BCUT2D eigenvalue weighted by atomic mass is 32.2. The number of carbonyl (C=O) groups excluding carboxylic acids is 2. The summed E-state index contributed by atoms with van der Waals surface area (Å²) in [5, 5.41) is 17.0. The maximum Gasteiger partial charge on any atom is 0.407 e. The lowest BCUT2D eigenvalue weighted by atomic mass is 10.0. The predicted octanol–water partition coefficient (Wildman–Crippen LogP) is 0.998. The molecule has 13 heteroatoms. The summed E-state index contributed by atoms with van der Waals surface area (Å²) in [5.41, 5.74) is 7.00. The van der Waals surface area contributed by atoms with Crippen molar-refractivity contribution in [2.75, 3.05) is 32.0 Å². The Morgan fingerprint density at radius 2 is 1.90 bits per heavy atom. The molecule has 2 aromatic rings. The number of hydrogen-bond donors (Lipinski definition) is 4. The molecule has 2 aromatic carbocycles. The summed E-state index contributed by atoms with van der Waals surface area (Å²) in [7, 11) is -4.09. The second-order valence-electron chi connectivity index (χ2n) is 10.7. The first kappa shape index (κ1) is 29.3. The first-order valence-electron chi connectivity index (χ1n) is 13.8. The van der Waals surface area contributed by atoms with Crippen LogP contribution in [0.15, 0.2) is 59.5 Å². The van der Waals surface area contributed by atoms with Crippen LogP contribution in [-0.2, 0) is 35.4 Å². The van der Waals surface area contributed by atoms with Crippen molar-refractivity contribution in [3.63, 3.8) is 0 Å². The number of aliphatic hydroxyl groups excluding tert-OH is 1. The van der Waals surface area contributed by atoms with Crippen molar-refractivity contribution in [2.45, 2.75) is 61.2 Å². The number of benzene rings is 2. The lowest BCUT2D eigenvalue weighted by Gasteiger charge is -2.31. The van der Waals surface area contributed by atoms with E-state index < -0.39 is 40.4 Å². The molecule has 3 saturated heterocycles. The van der Waals surface area contributed by atoms with Gasteiger partial charge in [0.2, 0.25) is 15.9 Å². The number of nitrogens with one attached hydrogen (secondary N) is 2. The molecule has 0 radical (unpaired) electrons. The molecule has 3 aliphatic heterocycles. The number of aliphatic hydroxyl groups is 1. The molecule has 0 unspecified atom stereocenters. The number of fused-ring (bicyclic) bond motifs is 1. The van der Waals surface area contributed by atoms with Crippen LogP contribution in [0.5, 0.6) is 0 Å². The molecule has 12 nitrogen and oxygen atoms in total. The zero-order chi connectivity index (χ0) is 29.0. The van der Waals surface area contributed by atoms with Crippen molar-refractivity contribution < 1.29 is 37.3 Å². The zero-order valence-corrected chi connectivity index (χ0v) is 23.4. The van der Waals surface area contributed by atoms with Crippen LogP contribution in [0.3, 0.4) is 0 Å². The highest BCUT2D eigenvalue weighted by Crippen LogP contribution is 2.33. The van der Waals surface area contributed by atoms with Gasteiger partial charge in [-0.05, 0) is 49.1 Å². The molecular formula is C28H36N4O8S. The molecule has 3 fully saturated rings. The van der Waals surface area contributed by atoms with Crippen LogP contribution in [-0.4, -0.2) is 86.7 Å². The van der Waals surface area contributed by atoms with Crippen molar-refractivity contribution >= 4 is 27.7 Å². The number of nitrogens with zero attached hydrogens (tertiary/aromatic N) is 1. The Labute approximate surface area is 239 Å². The van der Waals surface area contributed by atoms with Crippen LogP contribution in [0.1, 0.15) is 24.8 Å². The van der Waals surface area contributed by atoms with Gasteiger partial charge in [0, 0.05) is 31.2 Å². The third-order valence-electron chi connectivity index (χ3n) is 7.73. The van der Waals surface area contributed by atoms with E-state index in [-0.39, 0.29) is 49.1 Å². The fourth-order valence-corrected chi connectivity index (χ4v) is 6.98. The van der Waals surface area contributed by atoms with Crippen LogP contribution in [0.2, 0.25) is 0 Å². The Bertz CT molecular complexity index is 1310. The largest absolute Gasteiger partial charge is 0.443 e. The molecule has 222 valence electrons. The lowest BCUT2D eigenvalue weighted by Crippen LogP contribution is -2.53. The molecule has 0 spiro atoms. The van der Waals surface area contributed by atoms with Crippen molar-refractivity contribution in [1.29, 1.82) is 0 Å². The summed E-state index contributed by atoms with van der Waals surface area (Å²) in [6.45, 7) is 0.379. The van der Waals surface area contributed by atoms with E-state index in [0.29, 0.717) is 31.6 Å². The Hall–Kier alpha value is -3.23. The van der Waals surface area contributed by atoms with Crippen molar-refractivity contribution in [2.24, 2.45) is 5.92 Å². The normalized spacial score (nSPS) is 25.5. The van der Waals surface area contributed by atoms with Gasteiger partial charge in [0.05, 0.1) is 36.2 Å². The number of nitrogens with two attached hydrogens (primary N) is 1. The number of sulfonamides is 1. The standard InChI is InChI=1S/C28H36N4O8S/c29-19-6-9-21(10-7-19)41(36,37)32(15-20-8-11-26(34)30-20)16-24(33)23(14-18-4-2-1-3-5-18)31-28(35)40-25-17-39-27-22(25)12-13-38-27/h1-7,9-10,20,22-25,27,33H,8,11-17,29H2,(H,30,34)(H,31,35)/t20-,22+,23+,24-,25+,27-/m1/s1. The summed E-state index contributed by atoms with van der Waals surface area (Å²) in [5.74, 6) is -0.210. The molecular weight excluding hydrogens is 552 g/mol. The van der Waals surface area contributed by atoms with Gasteiger partial charge in [-0.15, -0.1) is 0 Å². The summed E-state index contributed by atoms with van der Waals surface area (Å²) in [4.78, 5) is 24.9. The SMILES string of the molecule is Nc1ccc(S(=O)(=O)N(C[C@H]2CCC(=O)N2)C[C@@H](O)[C@H](Cc2ccccc2)NC(=O)O[C@H]2CO[C@H]3OCC[C@H]32)cc1. The molecule has 0 aromatic heterocycles. The number of anilines is 1. The van der Waals surface area contributed by atoms with Gasteiger partial charge in [0.25, 0.3) is 0 Å². The fourth-order valence-electron chi connectivity index (χ4n) is 5.48. The molecule has 5 rings (SSSR count). The number of alkyl carbamates (subject to hydrolysis) is 1. The topological polar surface area (TPSA) is 170 Å². The van der Waals surface area contributed by atoms with E-state index in [4.69, 9.17) is 19.9 Å². The highest BCUT2D eigenvalue weighted by Gasteiger charge is 2.44. The predicted molar refractivity (Wildman–Crippen MR) is 148 cm³/mol. The number of rotatable bonds is 11. The van der Waals surface area contributed by atoms with E-state index in [1.807, 2.05) is 30.3 Å². The molecule has 0 bridgehead atoms. The first-order valence-corrected chi connectivity index (χ1v) is 15.2. The maximum absolute atomic E-state index is 13.7.